The lowest BCUT2D eigenvalue weighted by molar-refractivity contribution is -0.156. The summed E-state index contributed by atoms with van der Waals surface area (Å²) >= 11 is 0. The highest BCUT2D eigenvalue weighted by molar-refractivity contribution is 7.93. The number of hydrogen-bond acceptors (Lipinski definition) is 8. The number of amides is 1. The van der Waals surface area contributed by atoms with Crippen molar-refractivity contribution in [3.05, 3.63) is 54.1 Å². The lowest BCUT2D eigenvalue weighted by Gasteiger charge is -2.40. The van der Waals surface area contributed by atoms with E-state index in [1.807, 2.05) is 0 Å². The van der Waals surface area contributed by atoms with Crippen molar-refractivity contribution in [3.63, 3.8) is 0 Å². The van der Waals surface area contributed by atoms with E-state index < -0.39 is 64.4 Å². The number of nitrogens with one attached hydrogen (secondary N) is 1. The predicted octanol–water partition coefficient (Wildman–Crippen LogP) is 3.53. The molecule has 0 aliphatic carbocycles. The van der Waals surface area contributed by atoms with Crippen LogP contribution in [0.15, 0.2) is 53.4 Å². The van der Waals surface area contributed by atoms with Crippen molar-refractivity contribution < 1.29 is 41.1 Å². The first-order valence-electron chi connectivity index (χ1n) is 12.5. The van der Waals surface area contributed by atoms with Gasteiger partial charge in [0.15, 0.2) is 5.78 Å². The van der Waals surface area contributed by atoms with Crippen molar-refractivity contribution in [1.29, 1.82) is 0 Å². The topological polar surface area (TPSA) is 122 Å². The molecular weight excluding hydrogens is 548 g/mol. The lowest BCUT2D eigenvalue weighted by atomic mass is 9.89. The summed E-state index contributed by atoms with van der Waals surface area (Å²) in [5.74, 6) is -5.51. The van der Waals surface area contributed by atoms with Gasteiger partial charge in [0.25, 0.3) is 15.9 Å². The summed E-state index contributed by atoms with van der Waals surface area (Å²) in [5.41, 5.74) is -2.01. The smallest absolute Gasteiger partial charge is 0.414 e. The molecule has 40 heavy (non-hydrogen) atoms. The van der Waals surface area contributed by atoms with Gasteiger partial charge in [-0.3, -0.25) is 4.79 Å². The fraction of sp³-hybridized carbons (Fsp3) is 0.444. The third-order valence-electron chi connectivity index (χ3n) is 6.25. The van der Waals surface area contributed by atoms with E-state index in [4.69, 9.17) is 9.47 Å². The molecule has 2 atom stereocenters. The van der Waals surface area contributed by atoms with Gasteiger partial charge in [-0.2, -0.15) is 0 Å². The molecule has 0 bridgehead atoms. The lowest BCUT2D eigenvalue weighted by Crippen LogP contribution is -2.64. The van der Waals surface area contributed by atoms with Gasteiger partial charge in [-0.15, -0.1) is 0 Å². The molecule has 0 spiro atoms. The maximum atomic E-state index is 14.2. The Morgan fingerprint density at radius 1 is 1.05 bits per heavy atom. The highest BCUT2D eigenvalue weighted by atomic mass is 32.2. The van der Waals surface area contributed by atoms with Gasteiger partial charge in [0, 0.05) is 20.5 Å². The molecule has 1 N–H and O–H groups in total. The normalized spacial score (nSPS) is 18.1. The highest BCUT2D eigenvalue weighted by Gasteiger charge is 2.58. The molecular formula is C27H33F2N3O7S. The molecule has 13 heteroatoms. The number of benzene rings is 2. The monoisotopic (exact) mass is 581 g/mol. The van der Waals surface area contributed by atoms with Gasteiger partial charge >= 0.3 is 12.1 Å². The molecule has 1 fully saturated rings. The number of halogens is 2. The summed E-state index contributed by atoms with van der Waals surface area (Å²) in [6.45, 7) is 5.01. The van der Waals surface area contributed by atoms with Gasteiger partial charge in [-0.1, -0.05) is 17.7 Å². The third kappa shape index (κ3) is 6.41. The second kappa shape index (κ2) is 11.5. The van der Waals surface area contributed by atoms with E-state index in [9.17, 15) is 31.6 Å². The number of carbonyl (C=O) groups is 3. The molecule has 10 nitrogen and oxygen atoms in total. The maximum Gasteiger partial charge on any atom is 0.414 e. The van der Waals surface area contributed by atoms with E-state index in [0.29, 0.717) is 4.31 Å². The quantitative estimate of drug-likeness (QED) is 0.353. The molecule has 1 amide bonds. The van der Waals surface area contributed by atoms with Crippen molar-refractivity contribution in [3.8, 4) is 5.75 Å². The number of ketones is 1. The van der Waals surface area contributed by atoms with Crippen LogP contribution in [-0.4, -0.2) is 75.4 Å². The molecule has 218 valence electrons. The van der Waals surface area contributed by atoms with E-state index in [2.05, 4.69) is 5.32 Å². The predicted molar refractivity (Wildman–Crippen MR) is 143 cm³/mol. The number of Topliss-reactive ketones (excluding diaryl/α,β-unsaturated/α-hetero) is 1. The Balaban J connectivity index is 2.24. The number of rotatable bonds is 9. The standard InChI is InChI=1S/C27H33F2N3O7S/c1-17(2)38-24(34)26(4,23(33)22-15-27(28,29)16-30-22)32(40(36,37)21-13-7-18(3)8-14-21)19-9-11-20(12-10-19)39-25(35)31(5)6/h7-14,17,22,30H,15-16H2,1-6H3/t22-,26+/m0/s1. The minimum atomic E-state index is -4.68. The number of anilines is 1. The van der Waals surface area contributed by atoms with E-state index in [0.717, 1.165) is 12.5 Å². The van der Waals surface area contributed by atoms with Gasteiger partial charge in [-0.05, 0) is 64.1 Å². The Morgan fingerprint density at radius 3 is 2.10 bits per heavy atom. The van der Waals surface area contributed by atoms with Crippen LogP contribution >= 0.6 is 0 Å². The van der Waals surface area contributed by atoms with E-state index in [1.54, 1.807) is 19.1 Å². The molecule has 2 aromatic rings. The SMILES string of the molecule is Cc1ccc(S(=O)(=O)N(c2ccc(OC(=O)N(C)C)cc2)[C@@](C)(C(=O)OC(C)C)C(=O)[C@@H]2CC(F)(F)CN2)cc1. The first-order chi connectivity index (χ1) is 18.5. The van der Waals surface area contributed by atoms with Crippen LogP contribution in [0.4, 0.5) is 19.3 Å². The Morgan fingerprint density at radius 2 is 1.62 bits per heavy atom. The Kier molecular flexibility index (Phi) is 8.90. The van der Waals surface area contributed by atoms with Crippen molar-refractivity contribution in [2.75, 3.05) is 24.9 Å². The first kappa shape index (κ1) is 31.0. The summed E-state index contributed by atoms with van der Waals surface area (Å²) in [5, 5.41) is 2.42. The number of aryl methyl sites for hydroxylation is 1. The van der Waals surface area contributed by atoms with Gasteiger partial charge in [0.1, 0.15) is 5.75 Å². The zero-order valence-corrected chi connectivity index (χ0v) is 23.9. The summed E-state index contributed by atoms with van der Waals surface area (Å²) in [6.07, 6.45) is -2.37. The number of alkyl halides is 2. The number of ether oxygens (including phenoxy) is 2. The zero-order valence-electron chi connectivity index (χ0n) is 23.1. The molecule has 2 aromatic carbocycles. The zero-order chi connectivity index (χ0) is 30.0. The molecule has 0 aromatic heterocycles. The van der Waals surface area contributed by atoms with Gasteiger partial charge < -0.3 is 19.7 Å². The minimum Gasteiger partial charge on any atom is -0.461 e. The van der Waals surface area contributed by atoms with Gasteiger partial charge in [-0.25, -0.2) is 31.1 Å². The highest BCUT2D eigenvalue weighted by Crippen LogP contribution is 2.37. The fourth-order valence-electron chi connectivity index (χ4n) is 4.15. The van der Waals surface area contributed by atoms with E-state index >= 15 is 0 Å². The summed E-state index contributed by atoms with van der Waals surface area (Å²) in [7, 11) is -1.73. The van der Waals surface area contributed by atoms with Gasteiger partial charge in [0.2, 0.25) is 5.54 Å². The Bertz CT molecular complexity index is 1360. The van der Waals surface area contributed by atoms with Crippen LogP contribution in [0.5, 0.6) is 5.75 Å². The second-order valence-corrected chi connectivity index (χ2v) is 12.0. The Hall–Kier alpha value is -3.58. The number of nitrogens with zero attached hydrogens (tertiary/aromatic N) is 2. The third-order valence-corrected chi connectivity index (χ3v) is 8.18. The number of carbonyl (C=O) groups excluding carboxylic acids is 3. The van der Waals surface area contributed by atoms with Crippen LogP contribution in [0.25, 0.3) is 0 Å². The second-order valence-electron chi connectivity index (χ2n) is 10.2. The molecule has 1 aliphatic heterocycles. The van der Waals surface area contributed by atoms with Gasteiger partial charge in [0.05, 0.1) is 29.3 Å². The van der Waals surface area contributed by atoms with Crippen molar-refractivity contribution in [2.45, 2.75) is 62.6 Å². The molecule has 0 radical (unpaired) electrons. The largest absolute Gasteiger partial charge is 0.461 e. The van der Waals surface area contributed by atoms with Crippen LogP contribution in [-0.2, 0) is 24.3 Å². The maximum absolute atomic E-state index is 14.2. The van der Waals surface area contributed by atoms with Crippen molar-refractivity contribution in [1.82, 2.24) is 10.2 Å². The van der Waals surface area contributed by atoms with Crippen LogP contribution in [0, 0.1) is 6.92 Å². The van der Waals surface area contributed by atoms with Crippen molar-refractivity contribution >= 4 is 33.6 Å². The molecule has 3 rings (SSSR count). The van der Waals surface area contributed by atoms with Crippen LogP contribution in [0.2, 0.25) is 0 Å². The molecule has 1 saturated heterocycles. The number of sulfonamides is 1. The summed E-state index contributed by atoms with van der Waals surface area (Å²) in [6, 6.07) is 9.24. The molecule has 0 saturated carbocycles. The average Bonchev–Trinajstić information content (AvgIpc) is 3.23. The van der Waals surface area contributed by atoms with Crippen LogP contribution in [0.1, 0.15) is 32.8 Å². The van der Waals surface area contributed by atoms with Crippen LogP contribution < -0.4 is 14.4 Å². The Labute approximate surface area is 232 Å². The first-order valence-corrected chi connectivity index (χ1v) is 13.9. The molecule has 1 aliphatic rings. The van der Waals surface area contributed by atoms with E-state index in [-0.39, 0.29) is 16.3 Å². The molecule has 1 heterocycles. The molecule has 0 unspecified atom stereocenters. The van der Waals surface area contributed by atoms with Crippen LogP contribution in [0.3, 0.4) is 0 Å². The number of esters is 1. The average molecular weight is 582 g/mol. The summed E-state index contributed by atoms with van der Waals surface area (Å²) in [4.78, 5) is 40.5. The van der Waals surface area contributed by atoms with Crippen molar-refractivity contribution in [2.24, 2.45) is 0 Å². The minimum absolute atomic E-state index is 0.0602. The fourth-order valence-corrected chi connectivity index (χ4v) is 5.88. The van der Waals surface area contributed by atoms with E-state index in [1.165, 1.54) is 69.2 Å². The summed E-state index contributed by atoms with van der Waals surface area (Å²) < 4.78 is 67.7. The number of hydrogen-bond donors (Lipinski definition) is 1.